The van der Waals surface area contributed by atoms with Crippen LogP contribution in [-0.2, 0) is 13.1 Å². The van der Waals surface area contributed by atoms with E-state index in [9.17, 15) is 0 Å². The van der Waals surface area contributed by atoms with Crippen molar-refractivity contribution in [2.45, 2.75) is 13.1 Å². The highest BCUT2D eigenvalue weighted by atomic mass is 15.4. The number of hydrazine groups is 1. The van der Waals surface area contributed by atoms with Crippen LogP contribution in [-0.4, -0.2) is 5.01 Å². The van der Waals surface area contributed by atoms with E-state index in [4.69, 9.17) is 11.1 Å². The highest BCUT2D eigenvalue weighted by molar-refractivity contribution is 5.31. The first-order valence-electron chi connectivity index (χ1n) is 5.80. The molecule has 3 nitrogen and oxygen atoms in total. The summed E-state index contributed by atoms with van der Waals surface area (Å²) in [6.45, 7) is 1.38. The van der Waals surface area contributed by atoms with E-state index in [-0.39, 0.29) is 0 Å². The molecule has 3 heteroatoms. The van der Waals surface area contributed by atoms with Crippen molar-refractivity contribution in [1.29, 1.82) is 5.26 Å². The van der Waals surface area contributed by atoms with E-state index in [0.29, 0.717) is 18.7 Å². The van der Waals surface area contributed by atoms with E-state index in [2.05, 4.69) is 18.2 Å². The van der Waals surface area contributed by atoms with Gasteiger partial charge in [0.1, 0.15) is 0 Å². The van der Waals surface area contributed by atoms with Crippen molar-refractivity contribution in [3.05, 3.63) is 71.3 Å². The van der Waals surface area contributed by atoms with Crippen LogP contribution in [0, 0.1) is 11.3 Å². The fourth-order valence-corrected chi connectivity index (χ4v) is 1.79. The van der Waals surface area contributed by atoms with Gasteiger partial charge in [0.15, 0.2) is 0 Å². The Morgan fingerprint density at radius 2 is 1.44 bits per heavy atom. The number of hydrogen-bond donors (Lipinski definition) is 1. The number of nitriles is 1. The van der Waals surface area contributed by atoms with Gasteiger partial charge in [-0.25, -0.2) is 5.01 Å². The van der Waals surface area contributed by atoms with Gasteiger partial charge in [-0.3, -0.25) is 5.84 Å². The van der Waals surface area contributed by atoms with Crippen molar-refractivity contribution in [1.82, 2.24) is 5.01 Å². The summed E-state index contributed by atoms with van der Waals surface area (Å²) in [6, 6.07) is 19.7. The van der Waals surface area contributed by atoms with Gasteiger partial charge in [-0.1, -0.05) is 42.5 Å². The van der Waals surface area contributed by atoms with Gasteiger partial charge in [-0.15, -0.1) is 0 Å². The fraction of sp³-hybridized carbons (Fsp3) is 0.133. The number of nitrogens with two attached hydrogens (primary N) is 1. The minimum absolute atomic E-state index is 0.667. The first-order chi connectivity index (χ1) is 8.78. The first kappa shape index (κ1) is 12.3. The zero-order valence-electron chi connectivity index (χ0n) is 10.1. The van der Waals surface area contributed by atoms with E-state index < -0.39 is 0 Å². The van der Waals surface area contributed by atoms with Gasteiger partial charge < -0.3 is 0 Å². The van der Waals surface area contributed by atoms with E-state index in [1.807, 2.05) is 42.5 Å². The van der Waals surface area contributed by atoms with Crippen LogP contribution in [0.15, 0.2) is 54.6 Å². The van der Waals surface area contributed by atoms with E-state index in [1.54, 1.807) is 5.01 Å². The van der Waals surface area contributed by atoms with Gasteiger partial charge in [0.2, 0.25) is 0 Å². The smallest absolute Gasteiger partial charge is 0.0991 e. The Balaban J connectivity index is 1.95. The Kier molecular flexibility index (Phi) is 4.08. The molecule has 0 bridgehead atoms. The minimum atomic E-state index is 0.667. The number of benzene rings is 2. The molecule has 0 fully saturated rings. The third kappa shape index (κ3) is 3.42. The molecule has 0 radical (unpaired) electrons. The quantitative estimate of drug-likeness (QED) is 0.656. The van der Waals surface area contributed by atoms with Crippen molar-refractivity contribution in [3.8, 4) is 6.07 Å². The van der Waals surface area contributed by atoms with Crippen molar-refractivity contribution in [3.63, 3.8) is 0 Å². The summed E-state index contributed by atoms with van der Waals surface area (Å²) >= 11 is 0. The average molecular weight is 237 g/mol. The molecule has 0 spiro atoms. The van der Waals surface area contributed by atoms with Gasteiger partial charge in [-0.2, -0.15) is 5.26 Å². The third-order valence-electron chi connectivity index (χ3n) is 2.70. The average Bonchev–Trinajstić information content (AvgIpc) is 2.40. The molecule has 0 unspecified atom stereocenters. The van der Waals surface area contributed by atoms with Gasteiger partial charge in [0.25, 0.3) is 0 Å². The molecule has 0 atom stereocenters. The molecular formula is C15H15N3. The molecule has 0 saturated heterocycles. The molecule has 0 aliphatic rings. The van der Waals surface area contributed by atoms with Crippen LogP contribution in [0.1, 0.15) is 16.7 Å². The highest BCUT2D eigenvalue weighted by Crippen LogP contribution is 2.08. The molecule has 2 N–H and O–H groups in total. The number of hydrogen-bond acceptors (Lipinski definition) is 3. The van der Waals surface area contributed by atoms with Crippen LogP contribution in [0.3, 0.4) is 0 Å². The lowest BCUT2D eigenvalue weighted by molar-refractivity contribution is 0.266. The summed E-state index contributed by atoms with van der Waals surface area (Å²) in [6.07, 6.45) is 0. The van der Waals surface area contributed by atoms with Crippen molar-refractivity contribution >= 4 is 0 Å². The minimum Gasteiger partial charge on any atom is -0.268 e. The van der Waals surface area contributed by atoms with Gasteiger partial charge >= 0.3 is 0 Å². The van der Waals surface area contributed by atoms with Crippen LogP contribution in [0.4, 0.5) is 0 Å². The third-order valence-corrected chi connectivity index (χ3v) is 2.70. The predicted molar refractivity (Wildman–Crippen MR) is 71.0 cm³/mol. The first-order valence-corrected chi connectivity index (χ1v) is 5.80. The van der Waals surface area contributed by atoms with Crippen molar-refractivity contribution in [2.75, 3.05) is 0 Å². The van der Waals surface area contributed by atoms with Crippen LogP contribution in [0.25, 0.3) is 0 Å². The van der Waals surface area contributed by atoms with Crippen molar-refractivity contribution < 1.29 is 0 Å². The standard InChI is InChI=1S/C15H15N3/c16-10-13-6-8-15(9-7-13)12-18(17)11-14-4-2-1-3-5-14/h1-9H,11-12,17H2. The molecule has 0 amide bonds. The van der Waals surface area contributed by atoms with Crippen LogP contribution >= 0.6 is 0 Å². The SMILES string of the molecule is N#Cc1ccc(CN(N)Cc2ccccc2)cc1. The zero-order valence-corrected chi connectivity index (χ0v) is 10.1. The largest absolute Gasteiger partial charge is 0.268 e. The van der Waals surface area contributed by atoms with Crippen LogP contribution in [0.5, 0.6) is 0 Å². The van der Waals surface area contributed by atoms with Crippen LogP contribution < -0.4 is 5.84 Å². The molecule has 0 aliphatic carbocycles. The molecule has 0 heterocycles. The summed E-state index contributed by atoms with van der Waals surface area (Å²) in [5.74, 6) is 5.98. The Morgan fingerprint density at radius 1 is 0.889 bits per heavy atom. The molecule has 2 aromatic rings. The summed E-state index contributed by atoms with van der Waals surface area (Å²) in [4.78, 5) is 0. The lowest BCUT2D eigenvalue weighted by Gasteiger charge is -2.16. The molecule has 0 aliphatic heterocycles. The van der Waals surface area contributed by atoms with Gasteiger partial charge in [-0.05, 0) is 23.3 Å². The second kappa shape index (κ2) is 5.97. The number of nitrogens with zero attached hydrogens (tertiary/aromatic N) is 2. The Labute approximate surface area is 107 Å². The lowest BCUT2D eigenvalue weighted by Crippen LogP contribution is -2.29. The maximum atomic E-state index is 8.72. The lowest BCUT2D eigenvalue weighted by atomic mass is 10.1. The van der Waals surface area contributed by atoms with E-state index >= 15 is 0 Å². The molecule has 2 aromatic carbocycles. The fourth-order valence-electron chi connectivity index (χ4n) is 1.79. The summed E-state index contributed by atoms with van der Waals surface area (Å²) < 4.78 is 0. The van der Waals surface area contributed by atoms with E-state index in [1.165, 1.54) is 5.56 Å². The predicted octanol–water partition coefficient (Wildman–Crippen LogP) is 2.43. The molecular weight excluding hydrogens is 222 g/mol. The summed E-state index contributed by atoms with van der Waals surface area (Å²) in [5, 5.41) is 10.5. The Bertz CT molecular complexity index is 526. The molecule has 90 valence electrons. The van der Waals surface area contributed by atoms with Crippen LogP contribution in [0.2, 0.25) is 0 Å². The second-order valence-electron chi connectivity index (χ2n) is 4.20. The molecule has 18 heavy (non-hydrogen) atoms. The van der Waals surface area contributed by atoms with Crippen molar-refractivity contribution in [2.24, 2.45) is 5.84 Å². The van der Waals surface area contributed by atoms with E-state index in [0.717, 1.165) is 5.56 Å². The number of rotatable bonds is 4. The topological polar surface area (TPSA) is 53.0 Å². The maximum absolute atomic E-state index is 8.72. The molecule has 0 saturated carbocycles. The molecule has 2 rings (SSSR count). The Morgan fingerprint density at radius 3 is 2.00 bits per heavy atom. The second-order valence-corrected chi connectivity index (χ2v) is 4.20. The Hall–Kier alpha value is -2.15. The maximum Gasteiger partial charge on any atom is 0.0991 e. The van der Waals surface area contributed by atoms with Gasteiger partial charge in [0.05, 0.1) is 11.6 Å². The summed E-state index contributed by atoms with van der Waals surface area (Å²) in [5.41, 5.74) is 2.96. The van der Waals surface area contributed by atoms with Gasteiger partial charge in [0, 0.05) is 13.1 Å². The zero-order chi connectivity index (χ0) is 12.8. The summed E-state index contributed by atoms with van der Waals surface area (Å²) in [7, 11) is 0. The monoisotopic (exact) mass is 237 g/mol. The normalized spacial score (nSPS) is 10.3. The molecule has 0 aromatic heterocycles. The highest BCUT2D eigenvalue weighted by Gasteiger charge is 2.02.